The Morgan fingerprint density at radius 2 is 1.42 bits per heavy atom. The lowest BCUT2D eigenvalue weighted by atomic mass is 9.96. The van der Waals surface area contributed by atoms with Crippen molar-refractivity contribution in [3.8, 4) is 46.0 Å². The molecule has 0 saturated carbocycles. The number of nitrogens with one attached hydrogen (secondary N) is 1. The summed E-state index contributed by atoms with van der Waals surface area (Å²) in [6, 6.07) is 25.1. The summed E-state index contributed by atoms with van der Waals surface area (Å²) in [5.74, 6) is 2.52. The number of esters is 1. The molecule has 0 amide bonds. The summed E-state index contributed by atoms with van der Waals surface area (Å²) in [5.41, 5.74) is 5.92. The first-order valence-corrected chi connectivity index (χ1v) is 20.0. The Hall–Kier alpha value is -5.60. The molecule has 1 aliphatic rings. The van der Waals surface area contributed by atoms with Crippen LogP contribution in [0, 0.1) is 6.92 Å². The lowest BCUT2D eigenvalue weighted by molar-refractivity contribution is 0.0724. The van der Waals surface area contributed by atoms with Crippen molar-refractivity contribution in [2.24, 2.45) is 0 Å². The van der Waals surface area contributed by atoms with Gasteiger partial charge in [0.1, 0.15) is 10.6 Å². The van der Waals surface area contributed by atoms with Crippen molar-refractivity contribution in [3.63, 3.8) is 0 Å². The molecule has 2 N–H and O–H groups in total. The molecule has 6 rings (SSSR count). The third-order valence-corrected chi connectivity index (χ3v) is 10.9. The van der Waals surface area contributed by atoms with Gasteiger partial charge < -0.3 is 38.6 Å². The predicted octanol–water partition coefficient (Wildman–Crippen LogP) is 7.61. The van der Waals surface area contributed by atoms with Crippen molar-refractivity contribution in [1.29, 1.82) is 0 Å². The molecule has 0 radical (unpaired) electrons. The zero-order valence-corrected chi connectivity index (χ0v) is 33.8. The zero-order chi connectivity index (χ0) is 40.7. The first-order chi connectivity index (χ1) is 27.4. The van der Waals surface area contributed by atoms with E-state index in [4.69, 9.17) is 28.4 Å². The predicted molar refractivity (Wildman–Crippen MR) is 217 cm³/mol. The molecule has 300 valence electrons. The van der Waals surface area contributed by atoms with Crippen LogP contribution in [0.25, 0.3) is 0 Å². The van der Waals surface area contributed by atoms with Gasteiger partial charge in [-0.1, -0.05) is 30.3 Å². The Morgan fingerprint density at radius 3 is 2.09 bits per heavy atom. The maximum Gasteiger partial charge on any atom is 0.343 e. The number of methoxy groups -OCH3 is 3. The van der Waals surface area contributed by atoms with Crippen LogP contribution in [0.1, 0.15) is 43.7 Å². The van der Waals surface area contributed by atoms with E-state index in [0.29, 0.717) is 65.0 Å². The van der Waals surface area contributed by atoms with Gasteiger partial charge in [0.15, 0.2) is 34.5 Å². The van der Waals surface area contributed by atoms with Gasteiger partial charge >= 0.3 is 5.97 Å². The number of hydrogen-bond acceptors (Lipinski definition) is 11. The topological polar surface area (TPSA) is 142 Å². The van der Waals surface area contributed by atoms with E-state index in [1.165, 1.54) is 19.2 Å². The number of likely N-dealkylation sites (N-methyl/N-ethyl adjacent to an activating group) is 2. The molecular formula is C44H48N2O10S. The number of benzene rings is 5. The van der Waals surface area contributed by atoms with Crippen LogP contribution < -0.4 is 33.7 Å². The minimum atomic E-state index is -4.43. The van der Waals surface area contributed by atoms with Crippen molar-refractivity contribution in [1.82, 2.24) is 10.2 Å². The van der Waals surface area contributed by atoms with Gasteiger partial charge in [-0.25, -0.2) is 4.79 Å². The first kappa shape index (κ1) is 41.0. The van der Waals surface area contributed by atoms with E-state index in [1.807, 2.05) is 62.6 Å². The highest BCUT2D eigenvalue weighted by Crippen LogP contribution is 2.48. The largest absolute Gasteiger partial charge is 0.493 e. The highest BCUT2D eigenvalue weighted by Gasteiger charge is 2.29. The van der Waals surface area contributed by atoms with Crippen LogP contribution in [0.4, 0.5) is 0 Å². The number of ether oxygens (including phenoxy) is 6. The molecular weight excluding hydrogens is 749 g/mol. The molecule has 0 saturated heterocycles. The average molecular weight is 797 g/mol. The standard InChI is InChI=1S/C44H48N2O10S/c1-28-22-38(37(52-5)26-41(28)57(48,49)50)54-34-16-13-29(14-17-34)12-15-31-24-39(36(51-4)23-32(31)18-20-45-2)55-42-35-27-46(3)21-19-33(35)25-40(53-6)43(42)56-44(47)30-10-8-7-9-11-30/h7-11,13-14,16-17,22-26,45H,12,15,18-21,27H2,1-6H3,(H,48,49,50). The minimum Gasteiger partial charge on any atom is -0.493 e. The van der Waals surface area contributed by atoms with Crippen LogP contribution in [-0.2, 0) is 42.3 Å². The van der Waals surface area contributed by atoms with E-state index in [9.17, 15) is 17.8 Å². The second kappa shape index (κ2) is 18.1. The molecule has 0 bridgehead atoms. The molecule has 5 aromatic carbocycles. The van der Waals surface area contributed by atoms with Gasteiger partial charge in [-0.15, -0.1) is 0 Å². The molecule has 1 heterocycles. The van der Waals surface area contributed by atoms with Gasteiger partial charge in [-0.3, -0.25) is 4.55 Å². The normalized spacial score (nSPS) is 12.8. The molecule has 0 fully saturated rings. The second-order valence-corrected chi connectivity index (χ2v) is 15.2. The Morgan fingerprint density at radius 1 is 0.772 bits per heavy atom. The van der Waals surface area contributed by atoms with Crippen molar-refractivity contribution < 1.29 is 46.2 Å². The van der Waals surface area contributed by atoms with E-state index in [1.54, 1.807) is 45.4 Å². The number of carbonyl (C=O) groups is 1. The van der Waals surface area contributed by atoms with E-state index >= 15 is 0 Å². The zero-order valence-electron chi connectivity index (χ0n) is 33.0. The fourth-order valence-electron chi connectivity index (χ4n) is 6.85. The van der Waals surface area contributed by atoms with Gasteiger partial charge in [0.2, 0.25) is 5.75 Å². The van der Waals surface area contributed by atoms with E-state index in [-0.39, 0.29) is 16.4 Å². The minimum absolute atomic E-state index is 0.173. The van der Waals surface area contributed by atoms with E-state index in [2.05, 4.69) is 10.2 Å². The number of rotatable bonds is 16. The molecule has 13 heteroatoms. The number of aryl methyl sites for hydroxylation is 3. The molecule has 0 atom stereocenters. The highest BCUT2D eigenvalue weighted by atomic mass is 32.2. The third kappa shape index (κ3) is 9.69. The molecule has 0 unspecified atom stereocenters. The summed E-state index contributed by atoms with van der Waals surface area (Å²) in [6.07, 6.45) is 2.90. The molecule has 0 aromatic heterocycles. The lowest BCUT2D eigenvalue weighted by Crippen LogP contribution is -2.27. The van der Waals surface area contributed by atoms with Gasteiger partial charge in [0.25, 0.3) is 10.1 Å². The summed E-state index contributed by atoms with van der Waals surface area (Å²) in [4.78, 5) is 15.4. The maximum absolute atomic E-state index is 13.4. The number of hydrogen-bond donors (Lipinski definition) is 2. The maximum atomic E-state index is 13.4. The average Bonchev–Trinajstić information content (AvgIpc) is 3.20. The first-order valence-electron chi connectivity index (χ1n) is 18.6. The van der Waals surface area contributed by atoms with Crippen molar-refractivity contribution in [2.45, 2.75) is 44.0 Å². The SMILES string of the molecule is CNCCc1cc(OC)c(Oc2c3c(cc(OC)c2OC(=O)c2ccccc2)CCN(C)C3)cc1CCc1ccc(Oc2cc(C)c(S(=O)(=O)O)cc2OC)cc1. The van der Waals surface area contributed by atoms with Crippen LogP contribution in [0.5, 0.6) is 46.0 Å². The van der Waals surface area contributed by atoms with Crippen molar-refractivity contribution in [3.05, 3.63) is 124 Å². The Labute approximate surface area is 334 Å². The molecule has 5 aromatic rings. The third-order valence-electron chi connectivity index (χ3n) is 9.93. The highest BCUT2D eigenvalue weighted by molar-refractivity contribution is 7.85. The fourth-order valence-corrected chi connectivity index (χ4v) is 7.57. The summed E-state index contributed by atoms with van der Waals surface area (Å²) in [6.45, 7) is 3.77. The summed E-state index contributed by atoms with van der Waals surface area (Å²) in [7, 11) is 4.10. The Bertz CT molecular complexity index is 2330. The van der Waals surface area contributed by atoms with Gasteiger partial charge in [-0.2, -0.15) is 8.42 Å². The number of carbonyl (C=O) groups excluding carboxylic acids is 1. The summed E-state index contributed by atoms with van der Waals surface area (Å²) in [5, 5.41) is 3.24. The van der Waals surface area contributed by atoms with Crippen LogP contribution in [-0.4, -0.2) is 72.4 Å². The molecule has 1 aliphatic heterocycles. The summed E-state index contributed by atoms with van der Waals surface area (Å²) >= 11 is 0. The molecule has 0 spiro atoms. The quantitative estimate of drug-likeness (QED) is 0.0577. The van der Waals surface area contributed by atoms with Crippen molar-refractivity contribution >= 4 is 16.1 Å². The Balaban J connectivity index is 1.30. The van der Waals surface area contributed by atoms with Gasteiger partial charge in [-0.05, 0) is 130 Å². The van der Waals surface area contributed by atoms with Crippen molar-refractivity contribution in [2.75, 3.05) is 48.5 Å². The lowest BCUT2D eigenvalue weighted by Gasteiger charge is -2.29. The van der Waals surface area contributed by atoms with Crippen LogP contribution >= 0.6 is 0 Å². The van der Waals surface area contributed by atoms with Crippen LogP contribution in [0.3, 0.4) is 0 Å². The monoisotopic (exact) mass is 796 g/mol. The number of nitrogens with zero attached hydrogens (tertiary/aromatic N) is 1. The van der Waals surface area contributed by atoms with Gasteiger partial charge in [0, 0.05) is 24.7 Å². The molecule has 57 heavy (non-hydrogen) atoms. The van der Waals surface area contributed by atoms with Gasteiger partial charge in [0.05, 0.1) is 26.9 Å². The smallest absolute Gasteiger partial charge is 0.343 e. The second-order valence-electron chi connectivity index (χ2n) is 13.8. The van der Waals surface area contributed by atoms with Crippen LogP contribution in [0.15, 0.2) is 89.8 Å². The summed E-state index contributed by atoms with van der Waals surface area (Å²) < 4.78 is 69.3. The number of fused-ring (bicyclic) bond motifs is 1. The van der Waals surface area contributed by atoms with E-state index < -0.39 is 16.1 Å². The fraction of sp³-hybridized carbons (Fsp3) is 0.295. The Kier molecular flexibility index (Phi) is 13.0. The van der Waals surface area contributed by atoms with Crippen LogP contribution in [0.2, 0.25) is 0 Å². The molecule has 0 aliphatic carbocycles. The molecule has 12 nitrogen and oxygen atoms in total. The van der Waals surface area contributed by atoms with E-state index in [0.717, 1.165) is 53.7 Å².